The first-order chi connectivity index (χ1) is 13.0. The summed E-state index contributed by atoms with van der Waals surface area (Å²) in [6.45, 7) is 2.19. The largest absolute Gasteiger partial charge is 0.275 e. The summed E-state index contributed by atoms with van der Waals surface area (Å²) in [4.78, 5) is 0. The van der Waals surface area contributed by atoms with E-state index in [9.17, 15) is 0 Å². The minimum absolute atomic E-state index is 0.529. The van der Waals surface area contributed by atoms with Gasteiger partial charge in [0.2, 0.25) is 0 Å². The molecule has 0 bridgehead atoms. The molecule has 0 amide bonds. The summed E-state index contributed by atoms with van der Waals surface area (Å²) in [6, 6.07) is 10.9. The normalized spacial score (nSPS) is 12.0. The highest BCUT2D eigenvalue weighted by Crippen LogP contribution is 2.30. The molecular formula is C21H22Cl4N2. The number of anilines is 1. The summed E-state index contributed by atoms with van der Waals surface area (Å²) in [5, 5.41) is 6.65. The van der Waals surface area contributed by atoms with Gasteiger partial charge >= 0.3 is 0 Å². The zero-order valence-electron chi connectivity index (χ0n) is 15.1. The van der Waals surface area contributed by atoms with Crippen LogP contribution in [0.5, 0.6) is 0 Å². The molecule has 0 radical (unpaired) electrons. The lowest BCUT2D eigenvalue weighted by molar-refractivity contribution is 0.683. The topological polar surface area (TPSA) is 24.4 Å². The van der Waals surface area contributed by atoms with Crippen molar-refractivity contribution in [2.75, 3.05) is 5.43 Å². The average molecular weight is 444 g/mol. The molecular weight excluding hydrogens is 422 g/mol. The first kappa shape index (κ1) is 22.1. The minimum atomic E-state index is 0.529. The molecule has 2 aromatic carbocycles. The maximum Gasteiger partial charge on any atom is 0.0934 e. The van der Waals surface area contributed by atoms with Gasteiger partial charge in [0.15, 0.2) is 0 Å². The highest BCUT2D eigenvalue weighted by molar-refractivity contribution is 6.42. The van der Waals surface area contributed by atoms with Crippen LogP contribution in [0.4, 0.5) is 5.69 Å². The third-order valence-electron chi connectivity index (χ3n) is 3.97. The van der Waals surface area contributed by atoms with Crippen molar-refractivity contribution in [3.8, 4) is 0 Å². The molecule has 144 valence electrons. The first-order valence-electron chi connectivity index (χ1n) is 8.91. The zero-order chi connectivity index (χ0) is 19.6. The molecule has 2 nitrogen and oxygen atoms in total. The molecule has 0 fully saturated rings. The number of nitrogens with zero attached hydrogens (tertiary/aromatic N) is 1. The standard InChI is InChI=1S/C21H22Cl4N2/c1-2-3-4-5-7-16(12-10-15-11-13-17(22)20(25)14-15)26-27-21-18(23)8-6-9-19(21)24/h6,8-14,27H,2-5,7H2,1H3/b12-10?,26-16+. The van der Waals surface area contributed by atoms with Gasteiger partial charge in [0.1, 0.15) is 0 Å². The Balaban J connectivity index is 2.16. The van der Waals surface area contributed by atoms with Crippen LogP contribution >= 0.6 is 46.4 Å². The molecule has 0 atom stereocenters. The predicted molar refractivity (Wildman–Crippen MR) is 122 cm³/mol. The average Bonchev–Trinajstić information content (AvgIpc) is 2.64. The van der Waals surface area contributed by atoms with Crippen LogP contribution in [0.3, 0.4) is 0 Å². The Morgan fingerprint density at radius 2 is 1.67 bits per heavy atom. The van der Waals surface area contributed by atoms with Crippen molar-refractivity contribution in [2.45, 2.75) is 39.0 Å². The van der Waals surface area contributed by atoms with Crippen molar-refractivity contribution in [3.05, 3.63) is 68.1 Å². The zero-order valence-corrected chi connectivity index (χ0v) is 18.1. The van der Waals surface area contributed by atoms with Gasteiger partial charge in [-0.15, -0.1) is 0 Å². The molecule has 2 aromatic rings. The van der Waals surface area contributed by atoms with E-state index in [0.29, 0.717) is 25.8 Å². The molecule has 2 rings (SSSR count). The van der Waals surface area contributed by atoms with Crippen LogP contribution in [0.15, 0.2) is 47.6 Å². The number of allylic oxidation sites excluding steroid dienone is 1. The third kappa shape index (κ3) is 7.38. The smallest absolute Gasteiger partial charge is 0.0934 e. The summed E-state index contributed by atoms with van der Waals surface area (Å²) < 4.78 is 0. The highest BCUT2D eigenvalue weighted by Gasteiger charge is 2.05. The maximum atomic E-state index is 6.20. The fraction of sp³-hybridized carbons (Fsp3) is 0.286. The number of benzene rings is 2. The second-order valence-corrected chi connectivity index (χ2v) is 7.76. The summed E-state index contributed by atoms with van der Waals surface area (Å²) in [6.07, 6.45) is 9.44. The second-order valence-electron chi connectivity index (χ2n) is 6.13. The van der Waals surface area contributed by atoms with Gasteiger partial charge in [-0.25, -0.2) is 0 Å². The predicted octanol–water partition coefficient (Wildman–Crippen LogP) is 8.75. The van der Waals surface area contributed by atoms with E-state index in [1.807, 2.05) is 24.3 Å². The van der Waals surface area contributed by atoms with Gasteiger partial charge in [0.05, 0.1) is 31.5 Å². The molecule has 0 aliphatic rings. The molecule has 0 unspecified atom stereocenters. The van der Waals surface area contributed by atoms with Crippen LogP contribution < -0.4 is 5.43 Å². The van der Waals surface area contributed by atoms with Crippen LogP contribution in [-0.4, -0.2) is 5.71 Å². The number of nitrogens with one attached hydrogen (secondary N) is 1. The lowest BCUT2D eigenvalue weighted by Crippen LogP contribution is -2.00. The van der Waals surface area contributed by atoms with Crippen molar-refractivity contribution in [2.24, 2.45) is 5.10 Å². The molecule has 0 spiro atoms. The van der Waals surface area contributed by atoms with Gasteiger partial charge in [-0.05, 0) is 48.7 Å². The number of hydrogen-bond acceptors (Lipinski definition) is 2. The second kappa shape index (κ2) is 11.6. The van der Waals surface area contributed by atoms with Crippen LogP contribution in [0, 0.1) is 0 Å². The van der Waals surface area contributed by atoms with Gasteiger partial charge in [-0.3, -0.25) is 5.43 Å². The Bertz CT molecular complexity index is 796. The van der Waals surface area contributed by atoms with E-state index in [1.54, 1.807) is 24.3 Å². The highest BCUT2D eigenvalue weighted by atomic mass is 35.5. The van der Waals surface area contributed by atoms with E-state index in [-0.39, 0.29) is 0 Å². The monoisotopic (exact) mass is 442 g/mol. The van der Waals surface area contributed by atoms with Crippen molar-refractivity contribution >= 4 is 63.9 Å². The van der Waals surface area contributed by atoms with Gasteiger partial charge in [0, 0.05) is 0 Å². The number of unbranched alkanes of at least 4 members (excludes halogenated alkanes) is 3. The molecule has 0 aromatic heterocycles. The van der Waals surface area contributed by atoms with Gasteiger partial charge in [-0.1, -0.05) is 90.8 Å². The molecule has 0 saturated carbocycles. The van der Waals surface area contributed by atoms with Crippen LogP contribution in [0.2, 0.25) is 20.1 Å². The van der Waals surface area contributed by atoms with Crippen molar-refractivity contribution < 1.29 is 0 Å². The Morgan fingerprint density at radius 1 is 0.926 bits per heavy atom. The molecule has 0 heterocycles. The SMILES string of the molecule is CCCCCC/C(C=Cc1ccc(Cl)c(Cl)c1)=N\Nc1c(Cl)cccc1Cl. The van der Waals surface area contributed by atoms with Gasteiger partial charge in [0.25, 0.3) is 0 Å². The van der Waals surface area contributed by atoms with E-state index in [2.05, 4.69) is 17.5 Å². The third-order valence-corrected chi connectivity index (χ3v) is 5.34. The Labute approximate surface area is 181 Å². The van der Waals surface area contributed by atoms with E-state index in [4.69, 9.17) is 46.4 Å². The van der Waals surface area contributed by atoms with E-state index in [1.165, 1.54) is 19.3 Å². The van der Waals surface area contributed by atoms with Crippen LogP contribution in [0.25, 0.3) is 6.08 Å². The number of para-hydroxylation sites is 1. The quantitative estimate of drug-likeness (QED) is 0.233. The van der Waals surface area contributed by atoms with Gasteiger partial charge < -0.3 is 0 Å². The van der Waals surface area contributed by atoms with E-state index < -0.39 is 0 Å². The molecule has 0 aliphatic heterocycles. The number of rotatable bonds is 9. The van der Waals surface area contributed by atoms with Crippen molar-refractivity contribution in [1.29, 1.82) is 0 Å². The Kier molecular flexibility index (Phi) is 9.50. The van der Waals surface area contributed by atoms with Crippen molar-refractivity contribution in [1.82, 2.24) is 0 Å². The minimum Gasteiger partial charge on any atom is -0.275 e. The van der Waals surface area contributed by atoms with Crippen molar-refractivity contribution in [3.63, 3.8) is 0 Å². The number of hydrogen-bond donors (Lipinski definition) is 1. The Hall–Kier alpha value is -1.19. The van der Waals surface area contributed by atoms with Gasteiger partial charge in [-0.2, -0.15) is 5.10 Å². The summed E-state index contributed by atoms with van der Waals surface area (Å²) in [5.41, 5.74) is 5.48. The molecule has 0 saturated heterocycles. The molecule has 27 heavy (non-hydrogen) atoms. The lowest BCUT2D eigenvalue weighted by atomic mass is 10.1. The van der Waals surface area contributed by atoms with Crippen LogP contribution in [-0.2, 0) is 0 Å². The summed E-state index contributed by atoms with van der Waals surface area (Å²) in [7, 11) is 0. The Morgan fingerprint density at radius 3 is 2.33 bits per heavy atom. The fourth-order valence-electron chi connectivity index (χ4n) is 2.45. The number of hydrazone groups is 1. The van der Waals surface area contributed by atoms with E-state index >= 15 is 0 Å². The van der Waals surface area contributed by atoms with E-state index in [0.717, 1.165) is 24.1 Å². The molecule has 1 N–H and O–H groups in total. The molecule has 6 heteroatoms. The first-order valence-corrected chi connectivity index (χ1v) is 10.4. The lowest BCUT2D eigenvalue weighted by Gasteiger charge is -2.08. The molecule has 0 aliphatic carbocycles. The number of halogens is 4. The summed E-state index contributed by atoms with van der Waals surface area (Å²) in [5.74, 6) is 0. The fourth-order valence-corrected chi connectivity index (χ4v) is 3.24. The van der Waals surface area contributed by atoms with Crippen LogP contribution in [0.1, 0.15) is 44.6 Å². The summed E-state index contributed by atoms with van der Waals surface area (Å²) >= 11 is 24.5. The maximum absolute atomic E-state index is 6.20.